The van der Waals surface area contributed by atoms with E-state index in [1.807, 2.05) is 31.2 Å². The summed E-state index contributed by atoms with van der Waals surface area (Å²) in [6.07, 6.45) is 1.72. The lowest BCUT2D eigenvalue weighted by atomic mass is 10.1. The number of pyridine rings is 1. The van der Waals surface area contributed by atoms with Gasteiger partial charge in [-0.05, 0) is 25.1 Å². The van der Waals surface area contributed by atoms with Crippen LogP contribution in [0.3, 0.4) is 0 Å². The van der Waals surface area contributed by atoms with Gasteiger partial charge in [0.15, 0.2) is 0 Å². The highest BCUT2D eigenvalue weighted by Crippen LogP contribution is 2.37. The van der Waals surface area contributed by atoms with Crippen molar-refractivity contribution in [3.63, 3.8) is 0 Å². The smallest absolute Gasteiger partial charge is 0.127 e. The number of hydrogen-bond acceptors (Lipinski definition) is 3. The van der Waals surface area contributed by atoms with Gasteiger partial charge in [0.1, 0.15) is 5.82 Å². The predicted octanol–water partition coefficient (Wildman–Crippen LogP) is 3.40. The molecule has 2 aromatic rings. The van der Waals surface area contributed by atoms with Gasteiger partial charge < -0.3 is 5.73 Å². The van der Waals surface area contributed by atoms with Gasteiger partial charge in [-0.15, -0.1) is 0 Å². The molecule has 0 saturated carbocycles. The monoisotopic (exact) mass is 262 g/mol. The molecular weight excluding hydrogens is 247 g/mol. The van der Waals surface area contributed by atoms with Gasteiger partial charge in [-0.1, -0.05) is 36.0 Å². The third kappa shape index (κ3) is 3.09. The fourth-order valence-electron chi connectivity index (χ4n) is 1.71. The molecule has 0 aliphatic carbocycles. The Labute approximate surface area is 110 Å². The van der Waals surface area contributed by atoms with Crippen molar-refractivity contribution in [3.05, 3.63) is 60.0 Å². The van der Waals surface area contributed by atoms with Crippen molar-refractivity contribution in [2.75, 3.05) is 0 Å². The maximum absolute atomic E-state index is 13.8. The van der Waals surface area contributed by atoms with E-state index < -0.39 is 0 Å². The molecule has 0 radical (unpaired) electrons. The Balaban J connectivity index is 2.27. The molecule has 2 unspecified atom stereocenters. The number of halogens is 1. The minimum atomic E-state index is -0.219. The van der Waals surface area contributed by atoms with E-state index in [-0.39, 0.29) is 17.1 Å². The number of thioether (sulfide) groups is 1. The summed E-state index contributed by atoms with van der Waals surface area (Å²) in [4.78, 5) is 4.24. The Morgan fingerprint density at radius 3 is 2.50 bits per heavy atom. The van der Waals surface area contributed by atoms with Crippen LogP contribution in [0.1, 0.15) is 17.7 Å². The van der Waals surface area contributed by atoms with Crippen LogP contribution in [-0.2, 0) is 0 Å². The van der Waals surface area contributed by atoms with Gasteiger partial charge in [-0.3, -0.25) is 0 Å². The second-order valence-electron chi connectivity index (χ2n) is 4.09. The summed E-state index contributed by atoms with van der Waals surface area (Å²) >= 11 is 1.49. The molecule has 0 amide bonds. The maximum Gasteiger partial charge on any atom is 0.127 e. The van der Waals surface area contributed by atoms with Crippen molar-refractivity contribution in [1.82, 2.24) is 4.98 Å². The Morgan fingerprint density at radius 2 is 1.89 bits per heavy atom. The third-order valence-corrected chi connectivity index (χ3v) is 3.99. The molecule has 18 heavy (non-hydrogen) atoms. The Hall–Kier alpha value is -1.39. The van der Waals surface area contributed by atoms with Crippen LogP contribution in [-0.4, -0.2) is 11.0 Å². The lowest BCUT2D eigenvalue weighted by Crippen LogP contribution is -2.23. The van der Waals surface area contributed by atoms with Crippen LogP contribution in [0.2, 0.25) is 0 Å². The summed E-state index contributed by atoms with van der Waals surface area (Å²) in [6, 6.07) is 12.3. The van der Waals surface area contributed by atoms with Crippen molar-refractivity contribution in [1.29, 1.82) is 0 Å². The Bertz CT molecular complexity index is 502. The standard InChI is InChI=1S/C14H15FN2S/c1-10(16)14(11-6-2-3-7-12(11)15)18-13-8-4-5-9-17-13/h2-10,14H,16H2,1H3. The molecule has 0 fully saturated rings. The zero-order valence-electron chi connectivity index (χ0n) is 10.1. The number of benzene rings is 1. The van der Waals surface area contributed by atoms with Crippen LogP contribution in [0.4, 0.5) is 4.39 Å². The Morgan fingerprint density at radius 1 is 1.17 bits per heavy atom. The van der Waals surface area contributed by atoms with Gasteiger partial charge in [-0.2, -0.15) is 0 Å². The highest BCUT2D eigenvalue weighted by atomic mass is 32.2. The second-order valence-corrected chi connectivity index (χ2v) is 5.25. The third-order valence-electron chi connectivity index (χ3n) is 2.57. The number of rotatable bonds is 4. The lowest BCUT2D eigenvalue weighted by Gasteiger charge is -2.20. The highest BCUT2D eigenvalue weighted by Gasteiger charge is 2.21. The lowest BCUT2D eigenvalue weighted by molar-refractivity contribution is 0.592. The van der Waals surface area contributed by atoms with E-state index in [1.165, 1.54) is 17.8 Å². The second kappa shape index (κ2) is 5.98. The molecule has 2 N–H and O–H groups in total. The maximum atomic E-state index is 13.8. The van der Waals surface area contributed by atoms with Crippen LogP contribution < -0.4 is 5.73 Å². The molecule has 0 saturated heterocycles. The molecule has 2 rings (SSSR count). The van der Waals surface area contributed by atoms with Crippen LogP contribution in [0.15, 0.2) is 53.7 Å². The predicted molar refractivity (Wildman–Crippen MR) is 72.9 cm³/mol. The van der Waals surface area contributed by atoms with Crippen LogP contribution in [0.5, 0.6) is 0 Å². The first kappa shape index (κ1) is 13.1. The quantitative estimate of drug-likeness (QED) is 0.858. The largest absolute Gasteiger partial charge is 0.327 e. The van der Waals surface area contributed by atoms with Gasteiger partial charge in [0.25, 0.3) is 0 Å². The van der Waals surface area contributed by atoms with Gasteiger partial charge >= 0.3 is 0 Å². The summed E-state index contributed by atoms with van der Waals surface area (Å²) < 4.78 is 13.8. The molecular formula is C14H15FN2S. The van der Waals surface area contributed by atoms with Crippen LogP contribution in [0, 0.1) is 5.82 Å². The Kier molecular flexibility index (Phi) is 4.33. The van der Waals surface area contributed by atoms with Crippen LogP contribution in [0.25, 0.3) is 0 Å². The molecule has 1 aromatic carbocycles. The zero-order valence-corrected chi connectivity index (χ0v) is 10.9. The molecule has 94 valence electrons. The van der Waals surface area contributed by atoms with E-state index in [0.29, 0.717) is 5.56 Å². The molecule has 0 aliphatic rings. The van der Waals surface area contributed by atoms with Crippen LogP contribution >= 0.6 is 11.8 Å². The van der Waals surface area contributed by atoms with Crippen molar-refractivity contribution < 1.29 is 4.39 Å². The summed E-state index contributed by atoms with van der Waals surface area (Å²) in [5, 5.41) is 0.712. The van der Waals surface area contributed by atoms with Crippen molar-refractivity contribution in [2.45, 2.75) is 23.2 Å². The molecule has 1 aromatic heterocycles. The first-order valence-corrected chi connectivity index (χ1v) is 6.64. The topological polar surface area (TPSA) is 38.9 Å². The molecule has 0 bridgehead atoms. The molecule has 0 spiro atoms. The highest BCUT2D eigenvalue weighted by molar-refractivity contribution is 7.99. The van der Waals surface area contributed by atoms with Gasteiger partial charge in [0, 0.05) is 17.8 Å². The van der Waals surface area contributed by atoms with Crippen molar-refractivity contribution >= 4 is 11.8 Å². The molecule has 0 aliphatic heterocycles. The van der Waals surface area contributed by atoms with E-state index in [9.17, 15) is 4.39 Å². The minimum absolute atomic E-state index is 0.138. The van der Waals surface area contributed by atoms with E-state index in [2.05, 4.69) is 4.98 Å². The van der Waals surface area contributed by atoms with E-state index in [4.69, 9.17) is 5.73 Å². The fraction of sp³-hybridized carbons (Fsp3) is 0.214. The molecule has 2 atom stereocenters. The first-order chi connectivity index (χ1) is 8.68. The number of aromatic nitrogens is 1. The number of hydrogen-bond donors (Lipinski definition) is 1. The average Bonchev–Trinajstić information content (AvgIpc) is 2.38. The van der Waals surface area contributed by atoms with E-state index in [0.717, 1.165) is 5.03 Å². The van der Waals surface area contributed by atoms with Gasteiger partial charge in [0.2, 0.25) is 0 Å². The molecule has 2 nitrogen and oxygen atoms in total. The molecule has 1 heterocycles. The number of nitrogens with two attached hydrogens (primary N) is 1. The van der Waals surface area contributed by atoms with E-state index >= 15 is 0 Å². The van der Waals surface area contributed by atoms with Crippen molar-refractivity contribution in [2.24, 2.45) is 5.73 Å². The zero-order chi connectivity index (χ0) is 13.0. The normalized spacial score (nSPS) is 14.2. The SMILES string of the molecule is CC(N)C(Sc1ccccn1)c1ccccc1F. The molecule has 4 heteroatoms. The van der Waals surface area contributed by atoms with E-state index in [1.54, 1.807) is 18.3 Å². The minimum Gasteiger partial charge on any atom is -0.327 e. The first-order valence-electron chi connectivity index (χ1n) is 5.76. The van der Waals surface area contributed by atoms with Gasteiger partial charge in [-0.25, -0.2) is 9.37 Å². The van der Waals surface area contributed by atoms with Gasteiger partial charge in [0.05, 0.1) is 10.3 Å². The summed E-state index contributed by atoms with van der Waals surface area (Å²) in [7, 11) is 0. The summed E-state index contributed by atoms with van der Waals surface area (Å²) in [5.41, 5.74) is 6.60. The fourth-order valence-corrected chi connectivity index (χ4v) is 2.78. The number of nitrogens with zero attached hydrogens (tertiary/aromatic N) is 1. The van der Waals surface area contributed by atoms with Crippen molar-refractivity contribution in [3.8, 4) is 0 Å². The summed E-state index contributed by atoms with van der Waals surface area (Å²) in [5.74, 6) is -0.219. The summed E-state index contributed by atoms with van der Waals surface area (Å²) in [6.45, 7) is 1.88. The average molecular weight is 262 g/mol.